The van der Waals surface area contributed by atoms with E-state index < -0.39 is 28.5 Å². The van der Waals surface area contributed by atoms with Crippen molar-refractivity contribution in [3.05, 3.63) is 87.9 Å². The monoisotopic (exact) mass is 631 g/mol. The van der Waals surface area contributed by atoms with Crippen LogP contribution in [0, 0.1) is 6.92 Å². The second-order valence-corrected chi connectivity index (χ2v) is 13.2. The molecule has 8 nitrogen and oxygen atoms in total. The van der Waals surface area contributed by atoms with Gasteiger partial charge in [0.05, 0.1) is 17.7 Å². The summed E-state index contributed by atoms with van der Waals surface area (Å²) < 4.78 is 34.2. The summed E-state index contributed by atoms with van der Waals surface area (Å²) in [6.07, 6.45) is 3.84. The first-order chi connectivity index (χ1) is 20.0. The summed E-state index contributed by atoms with van der Waals surface area (Å²) in [5.41, 5.74) is 1.75. The number of hydrogen-bond acceptors (Lipinski definition) is 5. The highest BCUT2D eigenvalue weighted by atomic mass is 35.5. The van der Waals surface area contributed by atoms with Crippen LogP contribution < -0.4 is 14.4 Å². The third-order valence-corrected chi connectivity index (χ3v) is 9.85. The van der Waals surface area contributed by atoms with Gasteiger partial charge in [0.2, 0.25) is 11.8 Å². The van der Waals surface area contributed by atoms with Gasteiger partial charge >= 0.3 is 0 Å². The Bertz CT molecular complexity index is 1510. The second kappa shape index (κ2) is 13.8. The maximum Gasteiger partial charge on any atom is 0.264 e. The number of sulfonamides is 1. The molecular weight excluding hydrogens is 597 g/mol. The molecule has 0 bridgehead atoms. The Balaban J connectivity index is 1.70. The minimum absolute atomic E-state index is 0.0187. The Labute approximate surface area is 257 Å². The molecule has 3 aromatic rings. The molecule has 0 saturated heterocycles. The van der Waals surface area contributed by atoms with E-state index in [1.165, 1.54) is 24.1 Å². The molecule has 11 heteroatoms. The number of nitrogens with one attached hydrogen (secondary N) is 1. The van der Waals surface area contributed by atoms with Gasteiger partial charge in [-0.05, 0) is 80.8 Å². The zero-order valence-electron chi connectivity index (χ0n) is 23.8. The van der Waals surface area contributed by atoms with Crippen LogP contribution in [0.2, 0.25) is 10.0 Å². The first-order valence-electron chi connectivity index (χ1n) is 13.8. The molecule has 224 valence electrons. The number of anilines is 1. The van der Waals surface area contributed by atoms with Crippen molar-refractivity contribution >= 4 is 50.7 Å². The third kappa shape index (κ3) is 7.56. The lowest BCUT2D eigenvalue weighted by Gasteiger charge is -2.32. The van der Waals surface area contributed by atoms with Gasteiger partial charge in [-0.2, -0.15) is 0 Å². The Hall–Kier alpha value is -3.27. The van der Waals surface area contributed by atoms with E-state index in [-0.39, 0.29) is 29.1 Å². The van der Waals surface area contributed by atoms with Crippen LogP contribution in [-0.2, 0) is 26.2 Å². The molecule has 1 N–H and O–H groups in total. The summed E-state index contributed by atoms with van der Waals surface area (Å²) in [5, 5.41) is 3.82. The summed E-state index contributed by atoms with van der Waals surface area (Å²) in [6, 6.07) is 16.9. The van der Waals surface area contributed by atoms with Crippen molar-refractivity contribution in [1.82, 2.24) is 10.2 Å². The molecule has 1 saturated carbocycles. The molecule has 3 aromatic carbocycles. The SMILES string of the molecule is COc1ccc(N(CC(=O)N(Cc2ccc(Cl)cc2Cl)[C@H](C)C(=O)NC2CCCC2)S(=O)(=O)c2ccc(C)cc2)cc1. The van der Waals surface area contributed by atoms with Crippen LogP contribution in [0.1, 0.15) is 43.7 Å². The average molecular weight is 633 g/mol. The molecule has 2 amide bonds. The van der Waals surface area contributed by atoms with Crippen molar-refractivity contribution in [3.63, 3.8) is 0 Å². The number of rotatable bonds is 11. The summed E-state index contributed by atoms with van der Waals surface area (Å²) >= 11 is 12.5. The largest absolute Gasteiger partial charge is 0.497 e. The van der Waals surface area contributed by atoms with Gasteiger partial charge in [0.15, 0.2) is 0 Å². The molecule has 1 aliphatic carbocycles. The zero-order valence-corrected chi connectivity index (χ0v) is 26.2. The van der Waals surface area contributed by atoms with Gasteiger partial charge in [0.1, 0.15) is 18.3 Å². The van der Waals surface area contributed by atoms with Crippen molar-refractivity contribution in [2.45, 2.75) is 63.1 Å². The van der Waals surface area contributed by atoms with Crippen LogP contribution in [0.3, 0.4) is 0 Å². The average Bonchev–Trinajstić information content (AvgIpc) is 3.48. The predicted molar refractivity (Wildman–Crippen MR) is 166 cm³/mol. The molecule has 1 aliphatic rings. The molecule has 0 unspecified atom stereocenters. The van der Waals surface area contributed by atoms with Crippen molar-refractivity contribution < 1.29 is 22.7 Å². The molecule has 0 aromatic heterocycles. The topological polar surface area (TPSA) is 96.0 Å². The summed E-state index contributed by atoms with van der Waals surface area (Å²) in [4.78, 5) is 28.8. The lowest BCUT2D eigenvalue weighted by atomic mass is 10.1. The van der Waals surface area contributed by atoms with Gasteiger partial charge in [0, 0.05) is 22.6 Å². The van der Waals surface area contributed by atoms with E-state index in [0.717, 1.165) is 35.6 Å². The number of amides is 2. The number of methoxy groups -OCH3 is 1. The number of benzene rings is 3. The number of carbonyl (C=O) groups is 2. The molecule has 0 heterocycles. The number of aryl methyl sites for hydroxylation is 1. The highest BCUT2D eigenvalue weighted by molar-refractivity contribution is 7.92. The van der Waals surface area contributed by atoms with Gasteiger partial charge in [-0.25, -0.2) is 8.42 Å². The van der Waals surface area contributed by atoms with Gasteiger partial charge in [-0.3, -0.25) is 13.9 Å². The smallest absolute Gasteiger partial charge is 0.264 e. The minimum atomic E-state index is -4.17. The lowest BCUT2D eigenvalue weighted by Crippen LogP contribution is -2.52. The molecule has 1 fully saturated rings. The molecule has 4 rings (SSSR count). The van der Waals surface area contributed by atoms with Crippen molar-refractivity contribution in [2.24, 2.45) is 0 Å². The van der Waals surface area contributed by atoms with Crippen molar-refractivity contribution in [2.75, 3.05) is 18.0 Å². The standard InChI is InChI=1S/C31H35Cl2N3O5S/c1-21-8-16-28(17-9-21)42(39,40)36(26-12-14-27(41-3)15-13-26)20-30(37)35(19-23-10-11-24(32)18-29(23)33)22(2)31(38)34-25-6-4-5-7-25/h8-18,22,25H,4-7,19-20H2,1-3H3,(H,34,38)/t22-/m1/s1. The Kier molecular flexibility index (Phi) is 10.4. The van der Waals surface area contributed by atoms with Crippen LogP contribution >= 0.6 is 23.2 Å². The number of ether oxygens (including phenoxy) is 1. The van der Waals surface area contributed by atoms with Crippen molar-refractivity contribution in [1.29, 1.82) is 0 Å². The maximum atomic E-state index is 14.1. The minimum Gasteiger partial charge on any atom is -0.497 e. The fraction of sp³-hybridized carbons (Fsp3) is 0.355. The molecule has 1 atom stereocenters. The van der Waals surface area contributed by atoms with Gasteiger partial charge in [0.25, 0.3) is 10.0 Å². The molecule has 0 aliphatic heterocycles. The van der Waals surface area contributed by atoms with E-state index in [9.17, 15) is 18.0 Å². The van der Waals surface area contributed by atoms with Gasteiger partial charge in [-0.1, -0.05) is 59.8 Å². The molecule has 42 heavy (non-hydrogen) atoms. The fourth-order valence-corrected chi connectivity index (χ4v) is 6.81. The number of carbonyl (C=O) groups excluding carboxylic acids is 2. The number of halogens is 2. The van der Waals surface area contributed by atoms with Crippen molar-refractivity contribution in [3.8, 4) is 5.75 Å². The Morgan fingerprint density at radius 3 is 2.24 bits per heavy atom. The summed E-state index contributed by atoms with van der Waals surface area (Å²) in [5.74, 6) is -0.340. The van der Waals surface area contributed by atoms with Gasteiger partial charge in [-0.15, -0.1) is 0 Å². The van der Waals surface area contributed by atoms with E-state index in [2.05, 4.69) is 5.32 Å². The summed E-state index contributed by atoms with van der Waals surface area (Å²) in [7, 11) is -2.66. The van der Waals surface area contributed by atoms with E-state index in [1.54, 1.807) is 61.5 Å². The number of hydrogen-bond donors (Lipinski definition) is 1. The predicted octanol–water partition coefficient (Wildman–Crippen LogP) is 5.98. The Morgan fingerprint density at radius 1 is 1.00 bits per heavy atom. The second-order valence-electron chi connectivity index (χ2n) is 10.4. The molecular formula is C31H35Cl2N3O5S. The third-order valence-electron chi connectivity index (χ3n) is 7.47. The van der Waals surface area contributed by atoms with Crippen LogP contribution in [0.4, 0.5) is 5.69 Å². The highest BCUT2D eigenvalue weighted by Crippen LogP contribution is 2.28. The number of nitrogens with zero attached hydrogens (tertiary/aromatic N) is 2. The molecule has 0 spiro atoms. The maximum absolute atomic E-state index is 14.1. The molecule has 0 radical (unpaired) electrons. The quantitative estimate of drug-likeness (QED) is 0.281. The fourth-order valence-electron chi connectivity index (χ4n) is 4.92. The summed E-state index contributed by atoms with van der Waals surface area (Å²) in [6.45, 7) is 2.93. The van der Waals surface area contributed by atoms with E-state index >= 15 is 0 Å². The lowest BCUT2D eigenvalue weighted by molar-refractivity contribution is -0.139. The first-order valence-corrected chi connectivity index (χ1v) is 16.0. The van der Waals surface area contributed by atoms with E-state index in [0.29, 0.717) is 21.4 Å². The zero-order chi connectivity index (χ0) is 30.4. The first kappa shape index (κ1) is 31.7. The van der Waals surface area contributed by atoms with Crippen LogP contribution in [-0.4, -0.2) is 50.9 Å². The Morgan fingerprint density at radius 2 is 1.64 bits per heavy atom. The van der Waals surface area contributed by atoms with Crippen LogP contribution in [0.5, 0.6) is 5.75 Å². The highest BCUT2D eigenvalue weighted by Gasteiger charge is 2.33. The van der Waals surface area contributed by atoms with Crippen LogP contribution in [0.25, 0.3) is 0 Å². The normalized spacial score (nSPS) is 14.3. The van der Waals surface area contributed by atoms with Gasteiger partial charge < -0.3 is 15.0 Å². The van der Waals surface area contributed by atoms with Crippen LogP contribution in [0.15, 0.2) is 71.6 Å². The van der Waals surface area contributed by atoms with E-state index in [4.69, 9.17) is 27.9 Å². The van der Waals surface area contributed by atoms with E-state index in [1.807, 2.05) is 6.92 Å².